The summed E-state index contributed by atoms with van der Waals surface area (Å²) in [6.45, 7) is 5.66. The molecule has 0 spiro atoms. The van der Waals surface area contributed by atoms with Crippen LogP contribution in [0.5, 0.6) is 0 Å². The molecule has 0 saturated heterocycles. The average Bonchev–Trinajstić information content (AvgIpc) is 2.99. The van der Waals surface area contributed by atoms with Crippen molar-refractivity contribution < 1.29 is 5.11 Å². The maximum absolute atomic E-state index is 9.16. The number of anilines is 1. The maximum Gasteiger partial charge on any atom is 0.205 e. The van der Waals surface area contributed by atoms with Gasteiger partial charge < -0.3 is 10.0 Å². The Morgan fingerprint density at radius 3 is 2.83 bits per heavy atom. The number of thiophene rings is 1. The number of hydrogen-bond acceptors (Lipinski definition) is 6. The monoisotopic (exact) mass is 283 g/mol. The molecule has 98 valence electrons. The van der Waals surface area contributed by atoms with Gasteiger partial charge in [-0.05, 0) is 22.4 Å². The lowest BCUT2D eigenvalue weighted by Gasteiger charge is -2.19. The van der Waals surface area contributed by atoms with E-state index in [1.807, 2.05) is 0 Å². The molecule has 2 aromatic rings. The quantitative estimate of drug-likeness (QED) is 0.885. The predicted octanol–water partition coefficient (Wildman–Crippen LogP) is 2.72. The summed E-state index contributed by atoms with van der Waals surface area (Å²) in [7, 11) is 0. The van der Waals surface area contributed by atoms with Gasteiger partial charge >= 0.3 is 0 Å². The van der Waals surface area contributed by atoms with E-state index in [9.17, 15) is 0 Å². The molecule has 2 aromatic heterocycles. The third kappa shape index (κ3) is 3.28. The number of hydrogen-bond donors (Lipinski definition) is 1. The zero-order valence-corrected chi connectivity index (χ0v) is 12.2. The first kappa shape index (κ1) is 13.5. The van der Waals surface area contributed by atoms with Crippen molar-refractivity contribution in [2.24, 2.45) is 0 Å². The number of rotatable bonds is 6. The molecular formula is C12H17N3OS2. The predicted molar refractivity (Wildman–Crippen MR) is 76.5 cm³/mol. The van der Waals surface area contributed by atoms with Crippen LogP contribution < -0.4 is 4.90 Å². The van der Waals surface area contributed by atoms with Crippen molar-refractivity contribution in [3.05, 3.63) is 28.2 Å². The van der Waals surface area contributed by atoms with E-state index in [2.05, 4.69) is 44.9 Å². The average molecular weight is 283 g/mol. The topological polar surface area (TPSA) is 49.2 Å². The van der Waals surface area contributed by atoms with Gasteiger partial charge in [0, 0.05) is 30.5 Å². The van der Waals surface area contributed by atoms with E-state index < -0.39 is 0 Å². The molecule has 0 unspecified atom stereocenters. The number of nitrogens with zero attached hydrogens (tertiary/aromatic N) is 3. The lowest BCUT2D eigenvalue weighted by atomic mass is 10.2. The highest BCUT2D eigenvalue weighted by Gasteiger charge is 2.14. The van der Waals surface area contributed by atoms with Gasteiger partial charge in [-0.25, -0.2) is 4.98 Å². The van der Waals surface area contributed by atoms with Gasteiger partial charge in [-0.2, -0.15) is 15.7 Å². The van der Waals surface area contributed by atoms with Crippen LogP contribution in [0.3, 0.4) is 0 Å². The molecule has 0 saturated carbocycles. The lowest BCUT2D eigenvalue weighted by Crippen LogP contribution is -2.25. The Hall–Kier alpha value is -0.980. The Labute approximate surface area is 115 Å². The van der Waals surface area contributed by atoms with Gasteiger partial charge in [0.25, 0.3) is 0 Å². The Bertz CT molecular complexity index is 467. The Morgan fingerprint density at radius 1 is 1.44 bits per heavy atom. The third-order valence-corrected chi connectivity index (χ3v) is 4.06. The molecule has 2 rings (SSSR count). The Morgan fingerprint density at radius 2 is 2.28 bits per heavy atom. The van der Waals surface area contributed by atoms with Crippen LogP contribution in [0, 0.1) is 0 Å². The first-order chi connectivity index (χ1) is 8.70. The molecule has 0 aliphatic heterocycles. The van der Waals surface area contributed by atoms with E-state index in [0.717, 1.165) is 17.5 Å². The molecule has 0 aliphatic carbocycles. The third-order valence-electron chi connectivity index (χ3n) is 2.54. The minimum Gasteiger partial charge on any atom is -0.395 e. The highest BCUT2D eigenvalue weighted by Crippen LogP contribution is 2.23. The fraction of sp³-hybridized carbons (Fsp3) is 0.500. The largest absolute Gasteiger partial charge is 0.395 e. The van der Waals surface area contributed by atoms with Crippen molar-refractivity contribution in [2.45, 2.75) is 26.3 Å². The van der Waals surface area contributed by atoms with Crippen LogP contribution in [0.1, 0.15) is 31.2 Å². The summed E-state index contributed by atoms with van der Waals surface area (Å²) in [5.41, 5.74) is 1.25. The fourth-order valence-electron chi connectivity index (χ4n) is 1.56. The van der Waals surface area contributed by atoms with Crippen LogP contribution in [-0.4, -0.2) is 27.6 Å². The van der Waals surface area contributed by atoms with Crippen LogP contribution in [0.25, 0.3) is 0 Å². The van der Waals surface area contributed by atoms with Gasteiger partial charge in [-0.1, -0.05) is 13.8 Å². The second-order valence-corrected chi connectivity index (χ2v) is 5.88. The molecular weight excluding hydrogens is 266 g/mol. The number of aromatic nitrogens is 2. The molecule has 0 fully saturated rings. The molecule has 1 N–H and O–H groups in total. The van der Waals surface area contributed by atoms with E-state index in [0.29, 0.717) is 12.5 Å². The van der Waals surface area contributed by atoms with E-state index >= 15 is 0 Å². The van der Waals surface area contributed by atoms with Crippen molar-refractivity contribution in [2.75, 3.05) is 18.1 Å². The smallest absolute Gasteiger partial charge is 0.205 e. The van der Waals surface area contributed by atoms with E-state index in [4.69, 9.17) is 5.11 Å². The van der Waals surface area contributed by atoms with Crippen LogP contribution in [-0.2, 0) is 6.54 Å². The zero-order valence-electron chi connectivity index (χ0n) is 10.5. The van der Waals surface area contributed by atoms with Gasteiger partial charge in [0.2, 0.25) is 5.13 Å². The van der Waals surface area contributed by atoms with Gasteiger partial charge in [0.05, 0.1) is 6.61 Å². The highest BCUT2D eigenvalue weighted by molar-refractivity contribution is 7.09. The van der Waals surface area contributed by atoms with Crippen molar-refractivity contribution in [3.8, 4) is 0 Å². The van der Waals surface area contributed by atoms with Crippen molar-refractivity contribution >= 4 is 28.0 Å². The summed E-state index contributed by atoms with van der Waals surface area (Å²) >= 11 is 3.09. The van der Waals surface area contributed by atoms with E-state index in [1.165, 1.54) is 17.1 Å². The summed E-state index contributed by atoms with van der Waals surface area (Å²) in [6, 6.07) is 2.10. The Kier molecular flexibility index (Phi) is 4.68. The van der Waals surface area contributed by atoms with Crippen LogP contribution in [0.15, 0.2) is 16.8 Å². The van der Waals surface area contributed by atoms with E-state index in [-0.39, 0.29) is 6.61 Å². The maximum atomic E-state index is 9.16. The second kappa shape index (κ2) is 6.26. The first-order valence-corrected chi connectivity index (χ1v) is 7.63. The van der Waals surface area contributed by atoms with Crippen LogP contribution in [0.4, 0.5) is 5.13 Å². The molecule has 0 radical (unpaired) electrons. The van der Waals surface area contributed by atoms with Crippen LogP contribution >= 0.6 is 22.9 Å². The normalized spacial score (nSPS) is 11.1. The van der Waals surface area contributed by atoms with E-state index in [1.54, 1.807) is 11.3 Å². The minimum atomic E-state index is 0.126. The second-order valence-electron chi connectivity index (χ2n) is 4.37. The van der Waals surface area contributed by atoms with Crippen molar-refractivity contribution in [1.82, 2.24) is 9.36 Å². The summed E-state index contributed by atoms with van der Waals surface area (Å²) in [4.78, 5) is 6.61. The summed E-state index contributed by atoms with van der Waals surface area (Å²) < 4.78 is 4.36. The molecule has 0 bridgehead atoms. The van der Waals surface area contributed by atoms with Crippen molar-refractivity contribution in [1.29, 1.82) is 0 Å². The van der Waals surface area contributed by atoms with Gasteiger partial charge in [0.15, 0.2) is 0 Å². The minimum absolute atomic E-state index is 0.126. The fourth-order valence-corrected chi connectivity index (χ4v) is 3.05. The molecule has 0 amide bonds. The standard InChI is InChI=1S/C12H17N3OS2/c1-9(2)11-13-12(18-14-11)15(4-5-16)7-10-3-6-17-8-10/h3,6,8-9,16H,4-5,7H2,1-2H3. The molecule has 6 heteroatoms. The molecule has 18 heavy (non-hydrogen) atoms. The van der Waals surface area contributed by atoms with Gasteiger partial charge in [-0.15, -0.1) is 0 Å². The molecule has 4 nitrogen and oxygen atoms in total. The highest BCUT2D eigenvalue weighted by atomic mass is 32.1. The summed E-state index contributed by atoms with van der Waals surface area (Å²) in [5.74, 6) is 1.22. The number of aliphatic hydroxyl groups is 1. The van der Waals surface area contributed by atoms with Gasteiger partial charge in [-0.3, -0.25) is 0 Å². The summed E-state index contributed by atoms with van der Waals surface area (Å²) in [6.07, 6.45) is 0. The number of aliphatic hydroxyl groups excluding tert-OH is 1. The molecule has 0 aliphatic rings. The molecule has 2 heterocycles. The zero-order chi connectivity index (χ0) is 13.0. The molecule has 0 atom stereocenters. The van der Waals surface area contributed by atoms with Crippen LogP contribution in [0.2, 0.25) is 0 Å². The molecule has 0 aromatic carbocycles. The SMILES string of the molecule is CC(C)c1nsc(N(CCO)Cc2ccsc2)n1. The van der Waals surface area contributed by atoms with Gasteiger partial charge in [0.1, 0.15) is 5.82 Å². The Balaban J connectivity index is 2.13. The lowest BCUT2D eigenvalue weighted by molar-refractivity contribution is 0.301. The summed E-state index contributed by atoms with van der Waals surface area (Å²) in [5, 5.41) is 14.2. The van der Waals surface area contributed by atoms with Crippen molar-refractivity contribution in [3.63, 3.8) is 0 Å². The first-order valence-electron chi connectivity index (χ1n) is 5.91.